The van der Waals surface area contributed by atoms with Gasteiger partial charge in [0.05, 0.1) is 6.10 Å². The molecule has 0 radical (unpaired) electrons. The fourth-order valence-electron chi connectivity index (χ4n) is 3.40. The van der Waals surface area contributed by atoms with Gasteiger partial charge < -0.3 is 20.2 Å². The Morgan fingerprint density at radius 2 is 2.00 bits per heavy atom. The molecule has 136 valence electrons. The maximum Gasteiger partial charge on any atom is 0.123 e. The highest BCUT2D eigenvalue weighted by atomic mass is 32.1. The standard InChI is InChI=1S/C20H28N2O2S/c23-15-16-5-7-17(8-6-16)24-13-2-10-21-11-12-22-19-3-1-4-20-18(19)9-14-25-20/h1,3-4,9,14-17,21-22H,2,5-8,10-13H2. The van der Waals surface area contributed by atoms with Crippen molar-refractivity contribution >= 4 is 33.4 Å². The highest BCUT2D eigenvalue weighted by molar-refractivity contribution is 7.17. The molecule has 1 aliphatic rings. The Morgan fingerprint density at radius 1 is 1.12 bits per heavy atom. The topological polar surface area (TPSA) is 50.4 Å². The molecule has 1 heterocycles. The summed E-state index contributed by atoms with van der Waals surface area (Å²) in [6, 6.07) is 8.58. The summed E-state index contributed by atoms with van der Waals surface area (Å²) in [6.07, 6.45) is 6.57. The van der Waals surface area contributed by atoms with Crippen LogP contribution in [0, 0.1) is 5.92 Å². The summed E-state index contributed by atoms with van der Waals surface area (Å²) in [5.74, 6) is 0.272. The zero-order valence-corrected chi connectivity index (χ0v) is 15.5. The molecule has 2 aromatic rings. The molecule has 5 heteroatoms. The highest BCUT2D eigenvalue weighted by Gasteiger charge is 2.20. The van der Waals surface area contributed by atoms with Gasteiger partial charge >= 0.3 is 0 Å². The predicted octanol–water partition coefficient (Wildman–Crippen LogP) is 4.07. The molecule has 0 spiro atoms. The van der Waals surface area contributed by atoms with E-state index in [-0.39, 0.29) is 5.92 Å². The minimum Gasteiger partial charge on any atom is -0.383 e. The van der Waals surface area contributed by atoms with Crippen molar-refractivity contribution in [3.8, 4) is 0 Å². The van der Waals surface area contributed by atoms with E-state index in [1.807, 2.05) is 0 Å². The number of anilines is 1. The lowest BCUT2D eigenvalue weighted by molar-refractivity contribution is -0.112. The quantitative estimate of drug-likeness (QED) is 0.495. The van der Waals surface area contributed by atoms with Gasteiger partial charge in [0.2, 0.25) is 0 Å². The lowest BCUT2D eigenvalue weighted by atomic mass is 9.88. The number of nitrogens with one attached hydrogen (secondary N) is 2. The van der Waals surface area contributed by atoms with Crippen LogP contribution in [0.2, 0.25) is 0 Å². The number of fused-ring (bicyclic) bond motifs is 1. The van der Waals surface area contributed by atoms with Gasteiger partial charge in [0.15, 0.2) is 0 Å². The third-order valence-corrected chi connectivity index (χ3v) is 5.76. The molecule has 0 atom stereocenters. The van der Waals surface area contributed by atoms with Crippen molar-refractivity contribution < 1.29 is 9.53 Å². The second-order valence-corrected chi connectivity index (χ2v) is 7.66. The number of ether oxygens (including phenoxy) is 1. The monoisotopic (exact) mass is 360 g/mol. The summed E-state index contributed by atoms with van der Waals surface area (Å²) in [6.45, 7) is 3.66. The van der Waals surface area contributed by atoms with Crippen LogP contribution < -0.4 is 10.6 Å². The fourth-order valence-corrected chi connectivity index (χ4v) is 4.21. The van der Waals surface area contributed by atoms with E-state index in [0.717, 1.165) is 64.6 Å². The molecule has 0 amide bonds. The number of aldehydes is 1. The summed E-state index contributed by atoms with van der Waals surface area (Å²) in [5, 5.41) is 10.4. The Bertz CT molecular complexity index is 650. The average molecular weight is 361 g/mol. The number of thiophene rings is 1. The third kappa shape index (κ3) is 5.53. The molecular weight excluding hydrogens is 332 g/mol. The van der Waals surface area contributed by atoms with Gasteiger partial charge in [0.25, 0.3) is 0 Å². The molecule has 4 nitrogen and oxygen atoms in total. The van der Waals surface area contributed by atoms with E-state index in [4.69, 9.17) is 4.74 Å². The van der Waals surface area contributed by atoms with Gasteiger partial charge in [-0.15, -0.1) is 11.3 Å². The SMILES string of the molecule is O=CC1CCC(OCCCNCCNc2cccc3sccc23)CC1. The lowest BCUT2D eigenvalue weighted by Gasteiger charge is -2.25. The smallest absolute Gasteiger partial charge is 0.123 e. The van der Waals surface area contributed by atoms with Crippen LogP contribution in [0.4, 0.5) is 5.69 Å². The van der Waals surface area contributed by atoms with Crippen LogP contribution in [0.25, 0.3) is 10.1 Å². The summed E-state index contributed by atoms with van der Waals surface area (Å²) in [5.41, 5.74) is 1.22. The highest BCUT2D eigenvalue weighted by Crippen LogP contribution is 2.27. The minimum absolute atomic E-state index is 0.272. The Hall–Kier alpha value is -1.43. The molecule has 1 saturated carbocycles. The Balaban J connectivity index is 1.22. The van der Waals surface area contributed by atoms with E-state index in [1.165, 1.54) is 15.8 Å². The van der Waals surface area contributed by atoms with Crippen molar-refractivity contribution in [3.05, 3.63) is 29.6 Å². The van der Waals surface area contributed by atoms with E-state index >= 15 is 0 Å². The summed E-state index contributed by atoms with van der Waals surface area (Å²) in [7, 11) is 0. The van der Waals surface area contributed by atoms with Crippen molar-refractivity contribution in [3.63, 3.8) is 0 Å². The molecule has 1 fully saturated rings. The van der Waals surface area contributed by atoms with Crippen LogP contribution in [-0.4, -0.2) is 38.6 Å². The summed E-state index contributed by atoms with van der Waals surface area (Å²) < 4.78 is 7.25. The number of benzene rings is 1. The van der Waals surface area contributed by atoms with Gasteiger partial charge in [-0.05, 0) is 62.2 Å². The molecule has 0 bridgehead atoms. The first-order valence-electron chi connectivity index (χ1n) is 9.34. The minimum atomic E-state index is 0.272. The zero-order valence-electron chi connectivity index (χ0n) is 14.7. The number of hydrogen-bond donors (Lipinski definition) is 2. The van der Waals surface area contributed by atoms with Crippen molar-refractivity contribution in [2.45, 2.75) is 38.2 Å². The Kier molecular flexibility index (Phi) is 7.27. The first kappa shape index (κ1) is 18.4. The first-order valence-corrected chi connectivity index (χ1v) is 10.2. The molecule has 25 heavy (non-hydrogen) atoms. The van der Waals surface area contributed by atoms with Crippen LogP contribution in [-0.2, 0) is 9.53 Å². The molecular formula is C20H28N2O2S. The number of hydrogen-bond acceptors (Lipinski definition) is 5. The molecule has 3 rings (SSSR count). The second kappa shape index (κ2) is 9.90. The van der Waals surface area contributed by atoms with Crippen LogP contribution in [0.5, 0.6) is 0 Å². The van der Waals surface area contributed by atoms with E-state index in [1.54, 1.807) is 11.3 Å². The largest absolute Gasteiger partial charge is 0.383 e. The first-order chi connectivity index (χ1) is 12.4. The van der Waals surface area contributed by atoms with Gasteiger partial charge in [-0.3, -0.25) is 0 Å². The van der Waals surface area contributed by atoms with Crippen LogP contribution in [0.1, 0.15) is 32.1 Å². The zero-order chi connectivity index (χ0) is 17.3. The molecule has 0 aliphatic heterocycles. The van der Waals surface area contributed by atoms with Gasteiger partial charge in [0.1, 0.15) is 6.29 Å². The molecule has 1 aromatic heterocycles. The molecule has 1 aliphatic carbocycles. The Morgan fingerprint density at radius 3 is 2.84 bits per heavy atom. The second-order valence-electron chi connectivity index (χ2n) is 6.71. The molecule has 0 unspecified atom stereocenters. The number of carbonyl (C=O) groups is 1. The van der Waals surface area contributed by atoms with E-state index in [2.05, 4.69) is 40.3 Å². The van der Waals surface area contributed by atoms with Gasteiger partial charge in [-0.1, -0.05) is 6.07 Å². The maximum atomic E-state index is 10.7. The lowest BCUT2D eigenvalue weighted by Crippen LogP contribution is -2.26. The third-order valence-electron chi connectivity index (χ3n) is 4.88. The Labute approximate surface area is 154 Å². The number of carbonyl (C=O) groups excluding carboxylic acids is 1. The molecule has 2 N–H and O–H groups in total. The molecule has 0 saturated heterocycles. The number of rotatable bonds is 10. The van der Waals surface area contributed by atoms with E-state index < -0.39 is 0 Å². The van der Waals surface area contributed by atoms with Crippen molar-refractivity contribution in [2.24, 2.45) is 5.92 Å². The van der Waals surface area contributed by atoms with Crippen molar-refractivity contribution in [2.75, 3.05) is 31.6 Å². The van der Waals surface area contributed by atoms with Crippen LogP contribution in [0.3, 0.4) is 0 Å². The molecule has 1 aromatic carbocycles. The predicted molar refractivity (Wildman–Crippen MR) is 106 cm³/mol. The summed E-state index contributed by atoms with van der Waals surface area (Å²) >= 11 is 1.78. The summed E-state index contributed by atoms with van der Waals surface area (Å²) in [4.78, 5) is 10.7. The van der Waals surface area contributed by atoms with Crippen LogP contribution >= 0.6 is 11.3 Å². The van der Waals surface area contributed by atoms with Gasteiger partial charge in [0, 0.05) is 41.4 Å². The maximum absolute atomic E-state index is 10.7. The van der Waals surface area contributed by atoms with Crippen molar-refractivity contribution in [1.29, 1.82) is 0 Å². The van der Waals surface area contributed by atoms with Gasteiger partial charge in [-0.2, -0.15) is 0 Å². The van der Waals surface area contributed by atoms with Gasteiger partial charge in [-0.25, -0.2) is 0 Å². The van der Waals surface area contributed by atoms with Crippen LogP contribution in [0.15, 0.2) is 29.6 Å². The normalized spacial score (nSPS) is 20.6. The fraction of sp³-hybridized carbons (Fsp3) is 0.550. The van der Waals surface area contributed by atoms with E-state index in [0.29, 0.717) is 6.10 Å². The van der Waals surface area contributed by atoms with E-state index in [9.17, 15) is 4.79 Å². The average Bonchev–Trinajstić information content (AvgIpc) is 3.14. The van der Waals surface area contributed by atoms with Crippen molar-refractivity contribution in [1.82, 2.24) is 5.32 Å².